The number of anilines is 1. The first-order valence-electron chi connectivity index (χ1n) is 6.47. The van der Waals surface area contributed by atoms with E-state index in [0.717, 1.165) is 17.0 Å². The Kier molecular flexibility index (Phi) is 3.13. The minimum atomic E-state index is -0.288. The molecule has 5 nitrogen and oxygen atoms in total. The average molecular weight is 283 g/mol. The van der Waals surface area contributed by atoms with Gasteiger partial charge in [-0.15, -0.1) is 0 Å². The Bertz CT molecular complexity index is 772. The Morgan fingerprint density at radius 3 is 2.24 bits per heavy atom. The summed E-state index contributed by atoms with van der Waals surface area (Å²) in [5.41, 5.74) is 9.11. The lowest BCUT2D eigenvalue weighted by Gasteiger charge is -2.04. The number of hydrogen-bond donors (Lipinski definition) is 1. The maximum Gasteiger partial charge on any atom is 0.252 e. The normalized spacial score (nSPS) is 10.8. The van der Waals surface area contributed by atoms with Gasteiger partial charge in [0, 0.05) is 23.0 Å². The fourth-order valence-corrected chi connectivity index (χ4v) is 2.12. The van der Waals surface area contributed by atoms with E-state index >= 15 is 0 Å². The Hall–Kier alpha value is -2.76. The molecule has 0 bridgehead atoms. The molecule has 0 radical (unpaired) electrons. The molecule has 0 saturated carbocycles. The van der Waals surface area contributed by atoms with Crippen molar-refractivity contribution in [2.75, 3.05) is 5.73 Å². The van der Waals surface area contributed by atoms with E-state index in [-0.39, 0.29) is 5.82 Å². The molecule has 0 spiro atoms. The minimum absolute atomic E-state index is 0.288. The van der Waals surface area contributed by atoms with Gasteiger partial charge >= 0.3 is 0 Å². The number of nitrogen functional groups attached to an aromatic ring is 1. The molecule has 0 saturated heterocycles. The maximum absolute atomic E-state index is 13.0. The van der Waals surface area contributed by atoms with Crippen LogP contribution < -0.4 is 5.73 Å². The van der Waals surface area contributed by atoms with Crippen molar-refractivity contribution in [2.45, 2.75) is 13.8 Å². The van der Waals surface area contributed by atoms with E-state index in [2.05, 4.69) is 15.1 Å². The Balaban J connectivity index is 2.07. The quantitative estimate of drug-likeness (QED) is 0.785. The fraction of sp³-hybridized carbons (Fsp3) is 0.133. The summed E-state index contributed by atoms with van der Waals surface area (Å²) in [4.78, 5) is 8.67. The van der Waals surface area contributed by atoms with Gasteiger partial charge in [-0.3, -0.25) is 0 Å². The molecule has 0 aliphatic rings. The van der Waals surface area contributed by atoms with Gasteiger partial charge in [-0.05, 0) is 44.2 Å². The summed E-state index contributed by atoms with van der Waals surface area (Å²) in [6.07, 6.45) is 0. The third-order valence-electron chi connectivity index (χ3n) is 3.04. The van der Waals surface area contributed by atoms with E-state index in [0.29, 0.717) is 17.5 Å². The van der Waals surface area contributed by atoms with Crippen LogP contribution in [0.2, 0.25) is 0 Å². The van der Waals surface area contributed by atoms with E-state index in [1.165, 1.54) is 16.8 Å². The molecular formula is C15H14FN5. The van der Waals surface area contributed by atoms with Crippen molar-refractivity contribution >= 4 is 5.82 Å². The highest BCUT2D eigenvalue weighted by Gasteiger charge is 2.11. The Labute approximate surface area is 121 Å². The predicted molar refractivity (Wildman–Crippen MR) is 78.4 cm³/mol. The molecule has 0 fully saturated rings. The third-order valence-corrected chi connectivity index (χ3v) is 3.04. The zero-order chi connectivity index (χ0) is 15.0. The second-order valence-electron chi connectivity index (χ2n) is 4.82. The lowest BCUT2D eigenvalue weighted by molar-refractivity contribution is 0.628. The van der Waals surface area contributed by atoms with Crippen LogP contribution >= 0.6 is 0 Å². The van der Waals surface area contributed by atoms with Gasteiger partial charge in [-0.25, -0.2) is 14.4 Å². The van der Waals surface area contributed by atoms with E-state index in [1.807, 2.05) is 19.9 Å². The summed E-state index contributed by atoms with van der Waals surface area (Å²) in [6, 6.07) is 9.68. The van der Waals surface area contributed by atoms with Crippen LogP contribution in [-0.4, -0.2) is 19.7 Å². The van der Waals surface area contributed by atoms with Gasteiger partial charge in [0.2, 0.25) is 0 Å². The lowest BCUT2D eigenvalue weighted by atomic mass is 10.1. The number of nitrogens with zero attached hydrogens (tertiary/aromatic N) is 4. The first kappa shape index (κ1) is 13.2. The summed E-state index contributed by atoms with van der Waals surface area (Å²) >= 11 is 0. The van der Waals surface area contributed by atoms with Gasteiger partial charge in [0.1, 0.15) is 11.6 Å². The molecule has 2 aromatic heterocycles. The van der Waals surface area contributed by atoms with Gasteiger partial charge in [-0.1, -0.05) is 0 Å². The van der Waals surface area contributed by atoms with Crippen LogP contribution in [0, 0.1) is 19.7 Å². The van der Waals surface area contributed by atoms with Crippen LogP contribution in [0.5, 0.6) is 0 Å². The molecule has 0 aliphatic heterocycles. The summed E-state index contributed by atoms with van der Waals surface area (Å²) in [6.45, 7) is 3.78. The number of rotatable bonds is 2. The van der Waals surface area contributed by atoms with Gasteiger partial charge in [-0.2, -0.15) is 9.78 Å². The molecule has 21 heavy (non-hydrogen) atoms. The number of nitrogens with two attached hydrogens (primary N) is 1. The first-order chi connectivity index (χ1) is 10.0. The van der Waals surface area contributed by atoms with Crippen molar-refractivity contribution in [2.24, 2.45) is 0 Å². The standard InChI is InChI=1S/C15H14FN5/c1-9-7-10(2)19-15(18-9)21-14(17)8-13(20-21)11-3-5-12(16)6-4-11/h3-8H,17H2,1-2H3. The smallest absolute Gasteiger partial charge is 0.252 e. The summed E-state index contributed by atoms with van der Waals surface area (Å²) in [5, 5.41) is 4.41. The second kappa shape index (κ2) is 4.97. The molecule has 106 valence electrons. The largest absolute Gasteiger partial charge is 0.383 e. The van der Waals surface area contributed by atoms with Gasteiger partial charge < -0.3 is 5.73 Å². The number of aryl methyl sites for hydroxylation is 2. The molecule has 6 heteroatoms. The summed E-state index contributed by atoms with van der Waals surface area (Å²) < 4.78 is 14.5. The van der Waals surface area contributed by atoms with Crippen molar-refractivity contribution in [3.63, 3.8) is 0 Å². The van der Waals surface area contributed by atoms with Crippen LogP contribution in [0.25, 0.3) is 17.2 Å². The molecule has 0 aliphatic carbocycles. The van der Waals surface area contributed by atoms with Gasteiger partial charge in [0.05, 0.1) is 5.69 Å². The zero-order valence-electron chi connectivity index (χ0n) is 11.7. The minimum Gasteiger partial charge on any atom is -0.383 e. The van der Waals surface area contributed by atoms with E-state index in [9.17, 15) is 4.39 Å². The van der Waals surface area contributed by atoms with Crippen molar-refractivity contribution < 1.29 is 4.39 Å². The molecule has 0 unspecified atom stereocenters. The van der Waals surface area contributed by atoms with E-state index < -0.39 is 0 Å². The second-order valence-corrected chi connectivity index (χ2v) is 4.82. The number of aromatic nitrogens is 4. The Morgan fingerprint density at radius 1 is 1.00 bits per heavy atom. The van der Waals surface area contributed by atoms with Crippen LogP contribution in [0.15, 0.2) is 36.4 Å². The topological polar surface area (TPSA) is 69.6 Å². The highest BCUT2D eigenvalue weighted by Crippen LogP contribution is 2.22. The van der Waals surface area contributed by atoms with Crippen molar-refractivity contribution in [3.8, 4) is 17.2 Å². The number of hydrogen-bond acceptors (Lipinski definition) is 4. The van der Waals surface area contributed by atoms with Gasteiger partial charge in [0.25, 0.3) is 5.95 Å². The third kappa shape index (κ3) is 2.60. The average Bonchev–Trinajstić information content (AvgIpc) is 2.80. The molecule has 0 atom stereocenters. The van der Waals surface area contributed by atoms with Gasteiger partial charge in [0.15, 0.2) is 0 Å². The van der Waals surface area contributed by atoms with Crippen LogP contribution in [0.4, 0.5) is 10.2 Å². The lowest BCUT2D eigenvalue weighted by Crippen LogP contribution is -2.08. The van der Waals surface area contributed by atoms with Crippen molar-refractivity contribution in [1.82, 2.24) is 19.7 Å². The van der Waals surface area contributed by atoms with E-state index in [4.69, 9.17) is 5.73 Å². The Morgan fingerprint density at radius 2 is 1.62 bits per heavy atom. The fourth-order valence-electron chi connectivity index (χ4n) is 2.12. The molecule has 3 rings (SSSR count). The zero-order valence-corrected chi connectivity index (χ0v) is 11.7. The highest BCUT2D eigenvalue weighted by molar-refractivity contribution is 5.63. The number of halogens is 1. The van der Waals surface area contributed by atoms with Crippen LogP contribution in [0.1, 0.15) is 11.4 Å². The first-order valence-corrected chi connectivity index (χ1v) is 6.47. The van der Waals surface area contributed by atoms with Crippen LogP contribution in [0.3, 0.4) is 0 Å². The number of benzene rings is 1. The van der Waals surface area contributed by atoms with Crippen molar-refractivity contribution in [1.29, 1.82) is 0 Å². The van der Waals surface area contributed by atoms with Crippen molar-refractivity contribution in [3.05, 3.63) is 53.6 Å². The summed E-state index contributed by atoms with van der Waals surface area (Å²) in [5.74, 6) is 0.571. The maximum atomic E-state index is 13.0. The summed E-state index contributed by atoms with van der Waals surface area (Å²) in [7, 11) is 0. The molecule has 3 aromatic rings. The molecule has 2 heterocycles. The van der Waals surface area contributed by atoms with E-state index in [1.54, 1.807) is 18.2 Å². The SMILES string of the molecule is Cc1cc(C)nc(-n2nc(-c3ccc(F)cc3)cc2N)n1. The molecule has 0 amide bonds. The predicted octanol–water partition coefficient (Wildman–Crippen LogP) is 2.67. The molecule has 2 N–H and O–H groups in total. The monoisotopic (exact) mass is 283 g/mol. The van der Waals surface area contributed by atoms with Crippen LogP contribution in [-0.2, 0) is 0 Å². The molecule has 1 aromatic carbocycles. The molecular weight excluding hydrogens is 269 g/mol. The highest BCUT2D eigenvalue weighted by atomic mass is 19.1.